The monoisotopic (exact) mass is 352 g/mol. The number of amides is 1. The van der Waals surface area contributed by atoms with Crippen molar-refractivity contribution in [2.75, 3.05) is 13.7 Å². The molecule has 136 valence electrons. The van der Waals surface area contributed by atoms with Gasteiger partial charge in [0.2, 0.25) is 5.88 Å². The zero-order valence-corrected chi connectivity index (χ0v) is 15.9. The largest absolute Gasteiger partial charge is 0.481 e. The Balaban J connectivity index is 1.65. The maximum atomic E-state index is 12.5. The lowest BCUT2D eigenvalue weighted by Crippen LogP contribution is -2.27. The molecular formula is C20H24N4O2. The molecule has 0 unspecified atom stereocenters. The average molecular weight is 352 g/mol. The molecule has 1 aromatic carbocycles. The van der Waals surface area contributed by atoms with Gasteiger partial charge in [0.05, 0.1) is 12.8 Å². The number of fused-ring (bicyclic) bond motifs is 1. The molecule has 0 saturated carbocycles. The summed E-state index contributed by atoms with van der Waals surface area (Å²) in [5, 5.41) is 2.94. The summed E-state index contributed by atoms with van der Waals surface area (Å²) in [5.74, 6) is 1.09. The Labute approximate surface area is 153 Å². The number of ether oxygens (including phenoxy) is 1. The van der Waals surface area contributed by atoms with E-state index in [2.05, 4.69) is 34.1 Å². The molecule has 1 N–H and O–H groups in total. The van der Waals surface area contributed by atoms with Crippen LogP contribution in [-0.4, -0.2) is 35.2 Å². The molecule has 0 atom stereocenters. The minimum absolute atomic E-state index is 0.104. The van der Waals surface area contributed by atoms with Crippen LogP contribution in [0.3, 0.4) is 0 Å². The standard InChI is InChI=1S/C20H24N4O2/c1-12-10-18(26-5)24-17(22-12)8-9-21-19(25)14-6-7-16-15(11-14)20(3,4)13(2)23-16/h6-7,10-11H,8-9H2,1-5H3,(H,21,25). The predicted octanol–water partition coefficient (Wildman–Crippen LogP) is 3.15. The number of benzene rings is 1. The van der Waals surface area contributed by atoms with E-state index in [9.17, 15) is 4.79 Å². The first-order valence-electron chi connectivity index (χ1n) is 8.68. The van der Waals surface area contributed by atoms with Gasteiger partial charge in [-0.3, -0.25) is 9.79 Å². The lowest BCUT2D eigenvalue weighted by atomic mass is 9.81. The molecule has 1 amide bonds. The number of hydrogen-bond acceptors (Lipinski definition) is 5. The Morgan fingerprint density at radius 2 is 1.96 bits per heavy atom. The summed E-state index contributed by atoms with van der Waals surface area (Å²) in [6.07, 6.45) is 0.544. The number of nitrogens with zero attached hydrogens (tertiary/aromatic N) is 3. The predicted molar refractivity (Wildman–Crippen MR) is 102 cm³/mol. The van der Waals surface area contributed by atoms with E-state index in [-0.39, 0.29) is 11.3 Å². The molecule has 6 heteroatoms. The average Bonchev–Trinajstić information content (AvgIpc) is 2.83. The van der Waals surface area contributed by atoms with Gasteiger partial charge in [-0.05, 0) is 37.6 Å². The van der Waals surface area contributed by atoms with Gasteiger partial charge < -0.3 is 10.1 Å². The fourth-order valence-electron chi connectivity index (χ4n) is 3.00. The Hall–Kier alpha value is -2.76. The molecule has 0 saturated heterocycles. The Kier molecular flexibility index (Phi) is 4.76. The molecule has 0 bridgehead atoms. The summed E-state index contributed by atoms with van der Waals surface area (Å²) in [4.78, 5) is 25.8. The van der Waals surface area contributed by atoms with Crippen LogP contribution in [0.2, 0.25) is 0 Å². The third-order valence-corrected chi connectivity index (χ3v) is 4.85. The van der Waals surface area contributed by atoms with Crippen molar-refractivity contribution in [3.05, 3.63) is 46.9 Å². The highest BCUT2D eigenvalue weighted by Crippen LogP contribution is 2.40. The maximum absolute atomic E-state index is 12.5. The van der Waals surface area contributed by atoms with Crippen molar-refractivity contribution in [2.45, 2.75) is 39.5 Å². The van der Waals surface area contributed by atoms with Crippen molar-refractivity contribution >= 4 is 17.3 Å². The summed E-state index contributed by atoms with van der Waals surface area (Å²) in [6.45, 7) is 8.63. The van der Waals surface area contributed by atoms with Gasteiger partial charge >= 0.3 is 0 Å². The van der Waals surface area contributed by atoms with Crippen LogP contribution in [0.25, 0.3) is 0 Å². The van der Waals surface area contributed by atoms with Crippen molar-refractivity contribution in [3.8, 4) is 5.88 Å². The van der Waals surface area contributed by atoms with Gasteiger partial charge in [-0.25, -0.2) is 4.98 Å². The molecule has 26 heavy (non-hydrogen) atoms. The van der Waals surface area contributed by atoms with Crippen LogP contribution in [0.1, 0.15) is 48.2 Å². The summed E-state index contributed by atoms with van der Waals surface area (Å²) in [7, 11) is 1.58. The summed E-state index contributed by atoms with van der Waals surface area (Å²) in [5.41, 5.74) is 4.45. The lowest BCUT2D eigenvalue weighted by Gasteiger charge is -2.20. The number of methoxy groups -OCH3 is 1. The SMILES string of the molecule is COc1cc(C)nc(CCNC(=O)c2ccc3c(c2)C(C)(C)C(C)=N3)n1. The summed E-state index contributed by atoms with van der Waals surface area (Å²) >= 11 is 0. The molecule has 0 aliphatic carbocycles. The van der Waals surface area contributed by atoms with Crippen molar-refractivity contribution < 1.29 is 9.53 Å². The number of hydrogen-bond donors (Lipinski definition) is 1. The molecule has 2 aromatic rings. The third-order valence-electron chi connectivity index (χ3n) is 4.85. The normalized spacial score (nSPS) is 14.6. The number of nitrogens with one attached hydrogen (secondary N) is 1. The van der Waals surface area contributed by atoms with Crippen molar-refractivity contribution in [1.82, 2.24) is 15.3 Å². The summed E-state index contributed by atoms with van der Waals surface area (Å²) in [6, 6.07) is 7.45. The van der Waals surface area contributed by atoms with Gasteiger partial charge in [0.15, 0.2) is 0 Å². The van der Waals surface area contributed by atoms with Gasteiger partial charge in [-0.2, -0.15) is 4.98 Å². The second-order valence-electron chi connectivity index (χ2n) is 7.03. The van der Waals surface area contributed by atoms with Crippen molar-refractivity contribution in [2.24, 2.45) is 4.99 Å². The topological polar surface area (TPSA) is 76.5 Å². The van der Waals surface area contributed by atoms with Gasteiger partial charge in [0.25, 0.3) is 5.91 Å². The maximum Gasteiger partial charge on any atom is 0.251 e. The molecule has 0 spiro atoms. The van der Waals surface area contributed by atoms with E-state index in [1.807, 2.05) is 32.0 Å². The van der Waals surface area contributed by atoms with Gasteiger partial charge in [-0.1, -0.05) is 13.8 Å². The van der Waals surface area contributed by atoms with E-state index in [1.165, 1.54) is 0 Å². The quantitative estimate of drug-likeness (QED) is 0.897. The van der Waals surface area contributed by atoms with Crippen LogP contribution < -0.4 is 10.1 Å². The zero-order valence-electron chi connectivity index (χ0n) is 15.9. The molecule has 0 radical (unpaired) electrons. The second kappa shape index (κ2) is 6.86. The molecule has 0 fully saturated rings. The minimum Gasteiger partial charge on any atom is -0.481 e. The highest BCUT2D eigenvalue weighted by atomic mass is 16.5. The number of aliphatic imine (C=N–C) groups is 1. The van der Waals surface area contributed by atoms with Crippen LogP contribution in [0.5, 0.6) is 5.88 Å². The minimum atomic E-state index is -0.141. The number of aryl methyl sites for hydroxylation is 1. The van der Waals surface area contributed by atoms with Crippen LogP contribution in [0.15, 0.2) is 29.3 Å². The lowest BCUT2D eigenvalue weighted by molar-refractivity contribution is 0.0954. The molecular weight excluding hydrogens is 328 g/mol. The number of carbonyl (C=O) groups excluding carboxylic acids is 1. The van der Waals surface area contributed by atoms with E-state index in [0.29, 0.717) is 30.2 Å². The first-order chi connectivity index (χ1) is 12.3. The number of rotatable bonds is 5. The van der Waals surface area contributed by atoms with Gasteiger partial charge in [0.1, 0.15) is 5.82 Å². The van der Waals surface area contributed by atoms with Crippen LogP contribution in [0.4, 0.5) is 5.69 Å². The first-order valence-corrected chi connectivity index (χ1v) is 8.68. The second-order valence-corrected chi connectivity index (χ2v) is 7.03. The van der Waals surface area contributed by atoms with E-state index in [0.717, 1.165) is 22.7 Å². The van der Waals surface area contributed by atoms with Crippen LogP contribution in [0, 0.1) is 6.92 Å². The molecule has 1 aliphatic rings. The Morgan fingerprint density at radius 1 is 1.19 bits per heavy atom. The molecule has 1 aliphatic heterocycles. The van der Waals surface area contributed by atoms with Crippen molar-refractivity contribution in [1.29, 1.82) is 0 Å². The molecule has 3 rings (SSSR count). The fraction of sp³-hybridized carbons (Fsp3) is 0.400. The molecule has 6 nitrogen and oxygen atoms in total. The Bertz CT molecular complexity index is 887. The smallest absolute Gasteiger partial charge is 0.251 e. The van der Waals surface area contributed by atoms with E-state index in [4.69, 9.17) is 4.74 Å². The number of aromatic nitrogens is 2. The van der Waals surface area contributed by atoms with Crippen LogP contribution >= 0.6 is 0 Å². The zero-order chi connectivity index (χ0) is 18.9. The highest BCUT2D eigenvalue weighted by molar-refractivity contribution is 6.01. The first kappa shape index (κ1) is 18.0. The van der Waals surface area contributed by atoms with E-state index in [1.54, 1.807) is 13.2 Å². The van der Waals surface area contributed by atoms with Crippen LogP contribution in [-0.2, 0) is 11.8 Å². The Morgan fingerprint density at radius 3 is 2.69 bits per heavy atom. The third kappa shape index (κ3) is 3.45. The van der Waals surface area contributed by atoms with Gasteiger partial charge in [-0.15, -0.1) is 0 Å². The van der Waals surface area contributed by atoms with Gasteiger partial charge in [0, 0.05) is 41.4 Å². The summed E-state index contributed by atoms with van der Waals surface area (Å²) < 4.78 is 5.15. The highest BCUT2D eigenvalue weighted by Gasteiger charge is 2.32. The van der Waals surface area contributed by atoms with E-state index < -0.39 is 0 Å². The number of carbonyl (C=O) groups is 1. The molecule has 1 aromatic heterocycles. The molecule has 2 heterocycles. The fourth-order valence-corrected chi connectivity index (χ4v) is 3.00. The van der Waals surface area contributed by atoms with E-state index >= 15 is 0 Å². The van der Waals surface area contributed by atoms with Crippen molar-refractivity contribution in [3.63, 3.8) is 0 Å².